The van der Waals surface area contributed by atoms with E-state index >= 15 is 0 Å². The minimum Gasteiger partial charge on any atom is -0.350 e. The van der Waals surface area contributed by atoms with Crippen LogP contribution >= 0.6 is 0 Å². The lowest BCUT2D eigenvalue weighted by molar-refractivity contribution is -0.121. The van der Waals surface area contributed by atoms with Gasteiger partial charge in [0.25, 0.3) is 0 Å². The van der Waals surface area contributed by atoms with Crippen molar-refractivity contribution < 1.29 is 4.79 Å². The number of aryl methyl sites for hydroxylation is 1. The number of fused-ring (bicyclic) bond motifs is 1. The summed E-state index contributed by atoms with van der Waals surface area (Å²) >= 11 is 0. The van der Waals surface area contributed by atoms with Crippen LogP contribution in [0, 0.1) is 13.8 Å². The van der Waals surface area contributed by atoms with Gasteiger partial charge in [0.05, 0.1) is 24.0 Å². The highest BCUT2D eigenvalue weighted by atomic mass is 16.2. The summed E-state index contributed by atoms with van der Waals surface area (Å²) in [6.45, 7) is 5.09. The maximum Gasteiger partial charge on any atom is 0.242 e. The van der Waals surface area contributed by atoms with Crippen LogP contribution in [-0.4, -0.2) is 25.5 Å². The molecule has 30 heavy (non-hydrogen) atoms. The first-order chi connectivity index (χ1) is 14.5. The minimum absolute atomic E-state index is 0.0387. The number of amides is 1. The zero-order chi connectivity index (χ0) is 21.1. The van der Waals surface area contributed by atoms with Crippen molar-refractivity contribution in [2.45, 2.75) is 33.5 Å². The van der Waals surface area contributed by atoms with Crippen molar-refractivity contribution in [2.75, 3.05) is 0 Å². The summed E-state index contributed by atoms with van der Waals surface area (Å²) in [5.74, 6) is -0.175. The first-order valence-corrected chi connectivity index (χ1v) is 9.81. The molecule has 0 aliphatic heterocycles. The average Bonchev–Trinajstić information content (AvgIpc) is 3.02. The molecule has 2 heterocycles. The largest absolute Gasteiger partial charge is 0.350 e. The SMILES string of the molecule is Cc1nn(Cc2ccccc2)c(C)c1CNC(=O)Cn1ncc(=O)c2ccccc21. The molecule has 2 aromatic heterocycles. The van der Waals surface area contributed by atoms with Crippen LogP contribution in [0.1, 0.15) is 22.5 Å². The molecule has 0 unspecified atom stereocenters. The summed E-state index contributed by atoms with van der Waals surface area (Å²) in [5, 5.41) is 12.2. The molecular weight excluding hydrogens is 378 g/mol. The molecule has 152 valence electrons. The van der Waals surface area contributed by atoms with Gasteiger partial charge >= 0.3 is 0 Å². The number of rotatable bonds is 6. The van der Waals surface area contributed by atoms with Crippen LogP contribution in [0.5, 0.6) is 0 Å². The Balaban J connectivity index is 1.46. The van der Waals surface area contributed by atoms with Gasteiger partial charge in [-0.25, -0.2) is 0 Å². The van der Waals surface area contributed by atoms with Crippen LogP contribution in [0.15, 0.2) is 65.6 Å². The third-order valence-electron chi connectivity index (χ3n) is 5.22. The molecule has 0 aliphatic rings. The summed E-state index contributed by atoms with van der Waals surface area (Å²) in [5.41, 5.74) is 4.61. The zero-order valence-corrected chi connectivity index (χ0v) is 17.0. The van der Waals surface area contributed by atoms with Gasteiger partial charge in [-0.1, -0.05) is 42.5 Å². The predicted octanol–water partition coefficient (Wildman–Crippen LogP) is 2.57. The molecule has 7 nitrogen and oxygen atoms in total. The zero-order valence-electron chi connectivity index (χ0n) is 17.0. The molecule has 0 atom stereocenters. The van der Waals surface area contributed by atoms with Gasteiger partial charge in [0.1, 0.15) is 6.54 Å². The molecule has 4 aromatic rings. The van der Waals surface area contributed by atoms with Gasteiger partial charge in [-0.2, -0.15) is 10.2 Å². The highest BCUT2D eigenvalue weighted by Crippen LogP contribution is 2.15. The fraction of sp³-hybridized carbons (Fsp3) is 0.217. The Morgan fingerprint density at radius 2 is 1.73 bits per heavy atom. The molecule has 0 aliphatic carbocycles. The maximum atomic E-state index is 12.6. The maximum absolute atomic E-state index is 12.6. The molecule has 0 saturated heterocycles. The van der Waals surface area contributed by atoms with E-state index in [9.17, 15) is 9.59 Å². The van der Waals surface area contributed by atoms with E-state index in [0.29, 0.717) is 24.0 Å². The molecule has 2 aromatic carbocycles. The Labute approximate surface area is 174 Å². The molecule has 4 rings (SSSR count). The van der Waals surface area contributed by atoms with Crippen molar-refractivity contribution >= 4 is 16.8 Å². The van der Waals surface area contributed by atoms with Crippen molar-refractivity contribution in [3.05, 3.63) is 93.5 Å². The normalized spacial score (nSPS) is 11.0. The topological polar surface area (TPSA) is 81.8 Å². The fourth-order valence-electron chi connectivity index (χ4n) is 3.57. The van der Waals surface area contributed by atoms with Crippen molar-refractivity contribution in [1.82, 2.24) is 24.9 Å². The highest BCUT2D eigenvalue weighted by molar-refractivity contribution is 5.81. The van der Waals surface area contributed by atoms with E-state index < -0.39 is 0 Å². The summed E-state index contributed by atoms with van der Waals surface area (Å²) in [7, 11) is 0. The third kappa shape index (κ3) is 4.00. The summed E-state index contributed by atoms with van der Waals surface area (Å²) < 4.78 is 3.51. The molecule has 0 saturated carbocycles. The Bertz CT molecular complexity index is 1260. The van der Waals surface area contributed by atoms with E-state index in [1.165, 1.54) is 11.8 Å². The number of aromatic nitrogens is 4. The number of carbonyl (C=O) groups is 1. The van der Waals surface area contributed by atoms with Gasteiger partial charge in [0.15, 0.2) is 0 Å². The van der Waals surface area contributed by atoms with Crippen LogP contribution in [0.2, 0.25) is 0 Å². The summed E-state index contributed by atoms with van der Waals surface area (Å²) in [4.78, 5) is 24.5. The fourth-order valence-corrected chi connectivity index (χ4v) is 3.57. The van der Waals surface area contributed by atoms with E-state index in [0.717, 1.165) is 17.0 Å². The van der Waals surface area contributed by atoms with E-state index in [4.69, 9.17) is 0 Å². The Morgan fingerprint density at radius 1 is 1.00 bits per heavy atom. The van der Waals surface area contributed by atoms with Crippen LogP contribution in [-0.2, 0) is 24.4 Å². The van der Waals surface area contributed by atoms with Gasteiger partial charge < -0.3 is 5.32 Å². The van der Waals surface area contributed by atoms with Crippen LogP contribution in [0.25, 0.3) is 10.9 Å². The van der Waals surface area contributed by atoms with E-state index in [2.05, 4.69) is 27.6 Å². The van der Waals surface area contributed by atoms with Gasteiger partial charge in [-0.05, 0) is 31.5 Å². The van der Waals surface area contributed by atoms with Crippen LogP contribution in [0.4, 0.5) is 0 Å². The van der Waals surface area contributed by atoms with Crippen molar-refractivity contribution in [1.29, 1.82) is 0 Å². The second-order valence-electron chi connectivity index (χ2n) is 7.25. The Morgan fingerprint density at radius 3 is 2.53 bits per heavy atom. The van der Waals surface area contributed by atoms with Crippen molar-refractivity contribution in [2.24, 2.45) is 0 Å². The number of benzene rings is 2. The molecular formula is C23H23N5O2. The molecule has 7 heteroatoms. The Hall–Kier alpha value is -3.74. The van der Waals surface area contributed by atoms with Gasteiger partial charge in [0, 0.05) is 23.2 Å². The number of hydrogen-bond donors (Lipinski definition) is 1. The van der Waals surface area contributed by atoms with Crippen molar-refractivity contribution in [3.8, 4) is 0 Å². The summed E-state index contributed by atoms with van der Waals surface area (Å²) in [6, 6.07) is 17.3. The monoisotopic (exact) mass is 401 g/mol. The first-order valence-electron chi connectivity index (χ1n) is 9.81. The predicted molar refractivity (Wildman–Crippen MR) is 115 cm³/mol. The van der Waals surface area contributed by atoms with Crippen LogP contribution < -0.4 is 10.7 Å². The molecule has 1 N–H and O–H groups in total. The van der Waals surface area contributed by atoms with Gasteiger partial charge in [0.2, 0.25) is 11.3 Å². The quantitative estimate of drug-likeness (QED) is 0.538. The van der Waals surface area contributed by atoms with E-state index in [1.54, 1.807) is 22.9 Å². The number of nitrogens with zero attached hydrogens (tertiary/aromatic N) is 4. The average molecular weight is 401 g/mol. The lowest BCUT2D eigenvalue weighted by Crippen LogP contribution is -2.29. The van der Waals surface area contributed by atoms with E-state index in [-0.39, 0.29) is 17.9 Å². The molecule has 0 radical (unpaired) electrons. The Kier molecular flexibility index (Phi) is 5.43. The molecule has 0 bridgehead atoms. The summed E-state index contributed by atoms with van der Waals surface area (Å²) in [6.07, 6.45) is 1.25. The number of hydrogen-bond acceptors (Lipinski definition) is 4. The minimum atomic E-state index is -0.175. The van der Waals surface area contributed by atoms with Gasteiger partial charge in [-0.15, -0.1) is 0 Å². The highest BCUT2D eigenvalue weighted by Gasteiger charge is 2.14. The number of carbonyl (C=O) groups excluding carboxylic acids is 1. The van der Waals surface area contributed by atoms with Crippen molar-refractivity contribution in [3.63, 3.8) is 0 Å². The lowest BCUT2D eigenvalue weighted by Gasteiger charge is -2.10. The van der Waals surface area contributed by atoms with E-state index in [1.807, 2.05) is 42.8 Å². The lowest BCUT2D eigenvalue weighted by atomic mass is 10.2. The molecule has 1 amide bonds. The molecule has 0 fully saturated rings. The first kappa shape index (κ1) is 19.6. The smallest absolute Gasteiger partial charge is 0.242 e. The van der Waals surface area contributed by atoms with Gasteiger partial charge in [-0.3, -0.25) is 19.0 Å². The molecule has 0 spiro atoms. The van der Waals surface area contributed by atoms with Crippen LogP contribution in [0.3, 0.4) is 0 Å². The second kappa shape index (κ2) is 8.32. The standard InChI is InChI=1S/C23H23N5O2/c1-16-20(17(2)27(26-16)14-18-8-4-3-5-9-18)12-24-23(30)15-28-21-11-7-6-10-19(21)22(29)13-25-28/h3-11,13H,12,14-15H2,1-2H3,(H,24,30). The number of nitrogens with one attached hydrogen (secondary N) is 1. The third-order valence-corrected chi connectivity index (χ3v) is 5.22. The second-order valence-corrected chi connectivity index (χ2v) is 7.25. The number of para-hydroxylation sites is 1.